The van der Waals surface area contributed by atoms with E-state index >= 15 is 0 Å². The monoisotopic (exact) mass is 376 g/mol. The van der Waals surface area contributed by atoms with Crippen molar-refractivity contribution in [2.75, 3.05) is 0 Å². The maximum atomic E-state index is 5.25. The van der Waals surface area contributed by atoms with E-state index in [4.69, 9.17) is 6.58 Å². The molecule has 0 fully saturated rings. The molecule has 0 unspecified atom stereocenters. The summed E-state index contributed by atoms with van der Waals surface area (Å²) in [4.78, 5) is 0. The first-order valence-corrected chi connectivity index (χ1v) is 7.45. The van der Waals surface area contributed by atoms with Gasteiger partial charge in [0.15, 0.2) is 0 Å². The molecule has 3 rings (SSSR count). The Hall–Kier alpha value is -1.59. The van der Waals surface area contributed by atoms with Crippen LogP contribution < -0.4 is 0 Å². The number of rotatable bonds is 2. The van der Waals surface area contributed by atoms with Crippen LogP contribution in [-0.2, 0) is 26.2 Å². The van der Waals surface area contributed by atoms with E-state index in [2.05, 4.69) is 74.2 Å². The van der Waals surface area contributed by atoms with Crippen molar-refractivity contribution in [3.8, 4) is 11.1 Å². The van der Waals surface area contributed by atoms with Gasteiger partial charge in [-0.2, -0.15) is 12.6 Å². The molecule has 0 aromatic heterocycles. The molecule has 23 heavy (non-hydrogen) atoms. The van der Waals surface area contributed by atoms with Gasteiger partial charge in [-0.15, -0.1) is 41.5 Å². The van der Waals surface area contributed by atoms with Crippen molar-refractivity contribution >= 4 is 10.8 Å². The third-order valence-corrected chi connectivity index (χ3v) is 3.65. The van der Waals surface area contributed by atoms with Crippen molar-refractivity contribution in [1.82, 2.24) is 0 Å². The number of allylic oxidation sites excluding steroid dienone is 2. The normalized spacial score (nSPS) is 9.52. The fourth-order valence-electron chi connectivity index (χ4n) is 2.25. The minimum Gasteiger partial charge on any atom is -0.290 e. The van der Waals surface area contributed by atoms with E-state index in [0.717, 1.165) is 11.1 Å². The summed E-state index contributed by atoms with van der Waals surface area (Å²) in [6.07, 6.45) is 0. The van der Waals surface area contributed by atoms with Gasteiger partial charge in [0.05, 0.1) is 0 Å². The molecular formula is C22H22Zr. The molecule has 0 heterocycles. The number of fused-ring (bicyclic) bond motifs is 1. The maximum Gasteiger partial charge on any atom is 2.00 e. The molecule has 0 saturated carbocycles. The second kappa shape index (κ2) is 8.89. The maximum absolute atomic E-state index is 5.25. The minimum atomic E-state index is 0. The second-order valence-corrected chi connectivity index (χ2v) is 5.67. The van der Waals surface area contributed by atoms with Crippen molar-refractivity contribution in [2.24, 2.45) is 0 Å². The molecule has 1 heteroatoms. The van der Waals surface area contributed by atoms with E-state index in [0.29, 0.717) is 0 Å². The van der Waals surface area contributed by atoms with Crippen LogP contribution in [0.5, 0.6) is 0 Å². The predicted octanol–water partition coefficient (Wildman–Crippen LogP) is 6.47. The van der Waals surface area contributed by atoms with Gasteiger partial charge in [-0.1, -0.05) is 55.8 Å². The molecule has 0 radical (unpaired) electrons. The van der Waals surface area contributed by atoms with Crippen LogP contribution in [0.4, 0.5) is 0 Å². The second-order valence-electron chi connectivity index (χ2n) is 5.67. The summed E-state index contributed by atoms with van der Waals surface area (Å²) in [5, 5.41) is 2.69. The summed E-state index contributed by atoms with van der Waals surface area (Å²) in [6, 6.07) is 21.6. The number of benzene rings is 2. The van der Waals surface area contributed by atoms with Crippen molar-refractivity contribution < 1.29 is 26.2 Å². The molecule has 0 nitrogen and oxygen atoms in total. The van der Waals surface area contributed by atoms with E-state index in [1.165, 1.54) is 27.5 Å². The van der Waals surface area contributed by atoms with Gasteiger partial charge in [-0.05, 0) is 5.56 Å². The number of hydrogen-bond acceptors (Lipinski definition) is 0. The molecule has 0 aliphatic rings. The van der Waals surface area contributed by atoms with Crippen molar-refractivity contribution in [2.45, 2.75) is 20.8 Å². The summed E-state index contributed by atoms with van der Waals surface area (Å²) >= 11 is 0. The first-order chi connectivity index (χ1) is 10.5. The van der Waals surface area contributed by atoms with Gasteiger partial charge in [0.2, 0.25) is 0 Å². The van der Waals surface area contributed by atoms with E-state index in [1.807, 2.05) is 13.8 Å². The van der Waals surface area contributed by atoms with E-state index in [-0.39, 0.29) is 26.2 Å². The molecule has 0 aliphatic heterocycles. The fourth-order valence-corrected chi connectivity index (χ4v) is 2.25. The first kappa shape index (κ1) is 19.5. The molecule has 0 N–H and O–H groups in total. The Kier molecular flexibility index (Phi) is 7.52. The average Bonchev–Trinajstić information content (AvgIpc) is 2.88. The van der Waals surface area contributed by atoms with Gasteiger partial charge >= 0.3 is 26.2 Å². The Balaban J connectivity index is 0.000000330. The summed E-state index contributed by atoms with van der Waals surface area (Å²) in [7, 11) is 0. The molecule has 0 amide bonds. The standard InChI is InChI=1S/C16H13.C6H9.Zr/c1-12-10-14-8-5-9-15(16(14)11-12)13-6-3-2-4-7-13;1-5(2)6(3)4;/h2-11H,1H3;1H,3H2,2,4H3;/q2*-1;+2. The van der Waals surface area contributed by atoms with Crippen LogP contribution in [-0.4, -0.2) is 0 Å². The van der Waals surface area contributed by atoms with Crippen molar-refractivity contribution in [3.05, 3.63) is 90.5 Å². The zero-order chi connectivity index (χ0) is 16.1. The van der Waals surface area contributed by atoms with Gasteiger partial charge in [0, 0.05) is 0 Å². The molecular weight excluding hydrogens is 355 g/mol. The summed E-state index contributed by atoms with van der Waals surface area (Å²) in [6.45, 7) is 14.7. The largest absolute Gasteiger partial charge is 2.00 e. The Bertz CT molecular complexity index is 779. The van der Waals surface area contributed by atoms with Gasteiger partial charge in [-0.25, -0.2) is 11.1 Å². The molecule has 0 aliphatic carbocycles. The quantitative estimate of drug-likeness (QED) is 0.354. The zero-order valence-corrected chi connectivity index (χ0v) is 16.5. The third kappa shape index (κ3) is 5.22. The van der Waals surface area contributed by atoms with Gasteiger partial charge in [0.25, 0.3) is 0 Å². The molecule has 0 bridgehead atoms. The molecule has 0 saturated heterocycles. The van der Waals surface area contributed by atoms with Gasteiger partial charge < -0.3 is 0 Å². The van der Waals surface area contributed by atoms with Gasteiger partial charge in [0.1, 0.15) is 0 Å². The average molecular weight is 378 g/mol. The fraction of sp³-hybridized carbons (Fsp3) is 0.136. The Morgan fingerprint density at radius 1 is 1.00 bits per heavy atom. The Labute approximate surface area is 159 Å². The van der Waals surface area contributed by atoms with Crippen LogP contribution in [0.25, 0.3) is 21.9 Å². The van der Waals surface area contributed by atoms with E-state index < -0.39 is 0 Å². The van der Waals surface area contributed by atoms with Crippen LogP contribution in [0, 0.1) is 13.5 Å². The summed E-state index contributed by atoms with van der Waals surface area (Å²) in [5.41, 5.74) is 5.72. The van der Waals surface area contributed by atoms with E-state index in [1.54, 1.807) is 0 Å². The number of aryl methyl sites for hydroxylation is 1. The van der Waals surface area contributed by atoms with Gasteiger partial charge in [-0.3, -0.25) is 6.58 Å². The molecule has 3 aromatic carbocycles. The first-order valence-electron chi connectivity index (χ1n) is 7.45. The van der Waals surface area contributed by atoms with Crippen LogP contribution in [0.2, 0.25) is 0 Å². The third-order valence-electron chi connectivity index (χ3n) is 3.65. The SMILES string of the molecule is Cc1cc2c(-c3ccccc3)cccc2[cH-]1.[CH-]=C(C)C(=C)C.[Zr+2]. The van der Waals surface area contributed by atoms with Crippen LogP contribution >= 0.6 is 0 Å². The molecule has 0 atom stereocenters. The topological polar surface area (TPSA) is 0 Å². The Morgan fingerprint density at radius 3 is 2.17 bits per heavy atom. The molecule has 3 aromatic rings. The smallest absolute Gasteiger partial charge is 0.290 e. The van der Waals surface area contributed by atoms with Crippen molar-refractivity contribution in [3.63, 3.8) is 0 Å². The van der Waals surface area contributed by atoms with Crippen LogP contribution in [0.15, 0.2) is 78.4 Å². The van der Waals surface area contributed by atoms with E-state index in [9.17, 15) is 0 Å². The molecule has 0 spiro atoms. The summed E-state index contributed by atoms with van der Waals surface area (Å²) < 4.78 is 0. The van der Waals surface area contributed by atoms with Crippen LogP contribution in [0.3, 0.4) is 0 Å². The number of hydrogen-bond donors (Lipinski definition) is 0. The molecule has 114 valence electrons. The van der Waals surface area contributed by atoms with Crippen LogP contribution in [0.1, 0.15) is 19.4 Å². The van der Waals surface area contributed by atoms with Crippen molar-refractivity contribution in [1.29, 1.82) is 0 Å². The predicted molar refractivity (Wildman–Crippen MR) is 98.0 cm³/mol. The summed E-state index contributed by atoms with van der Waals surface area (Å²) in [5.74, 6) is 0. The Morgan fingerprint density at radius 2 is 1.61 bits per heavy atom. The minimum absolute atomic E-state index is 0. The zero-order valence-electron chi connectivity index (χ0n) is 14.1.